The average Bonchev–Trinajstić information content (AvgIpc) is 2.74. The van der Waals surface area contributed by atoms with E-state index in [1.54, 1.807) is 31.2 Å². The van der Waals surface area contributed by atoms with Crippen LogP contribution >= 0.6 is 0 Å². The average molecular weight is 432 g/mol. The van der Waals surface area contributed by atoms with Crippen LogP contribution in [0.2, 0.25) is 0 Å². The number of amides is 1. The van der Waals surface area contributed by atoms with E-state index in [4.69, 9.17) is 4.74 Å². The first kappa shape index (κ1) is 22.0. The van der Waals surface area contributed by atoms with Crippen molar-refractivity contribution in [2.24, 2.45) is 0 Å². The van der Waals surface area contributed by atoms with Gasteiger partial charge in [-0.05, 0) is 62.6 Å². The van der Waals surface area contributed by atoms with Crippen LogP contribution in [0.1, 0.15) is 26.2 Å². The molecule has 1 aliphatic rings. The standard InChI is InChI=1S/C22H29N3O4S/c1-17(25(30(3,27)28)20-8-7-9-21(16-20)29-2)22(26)23-18-10-12-19(13-11-18)24-14-5-4-6-15-24/h7-13,16-17H,4-6,14-15H2,1-3H3,(H,23,26)/t17-/m1/s1. The fourth-order valence-corrected chi connectivity index (χ4v) is 4.88. The lowest BCUT2D eigenvalue weighted by Gasteiger charge is -2.29. The van der Waals surface area contributed by atoms with Crippen molar-refractivity contribution in [1.82, 2.24) is 0 Å². The van der Waals surface area contributed by atoms with Crippen molar-refractivity contribution in [3.05, 3.63) is 48.5 Å². The van der Waals surface area contributed by atoms with E-state index >= 15 is 0 Å². The number of piperidine rings is 1. The van der Waals surface area contributed by atoms with Gasteiger partial charge in [0.1, 0.15) is 11.8 Å². The van der Waals surface area contributed by atoms with Crippen LogP contribution in [0.4, 0.5) is 17.1 Å². The highest BCUT2D eigenvalue weighted by Gasteiger charge is 2.29. The summed E-state index contributed by atoms with van der Waals surface area (Å²) in [5.41, 5.74) is 2.14. The maximum atomic E-state index is 12.9. The highest BCUT2D eigenvalue weighted by molar-refractivity contribution is 7.92. The minimum absolute atomic E-state index is 0.375. The van der Waals surface area contributed by atoms with E-state index in [0.29, 0.717) is 17.1 Å². The van der Waals surface area contributed by atoms with Crippen molar-refractivity contribution in [2.75, 3.05) is 41.0 Å². The Labute approximate surface area is 178 Å². The zero-order chi connectivity index (χ0) is 21.7. The molecule has 0 aliphatic carbocycles. The van der Waals surface area contributed by atoms with E-state index in [-0.39, 0.29) is 0 Å². The Balaban J connectivity index is 1.75. The van der Waals surface area contributed by atoms with E-state index in [9.17, 15) is 13.2 Å². The molecule has 0 radical (unpaired) electrons. The number of benzene rings is 2. The van der Waals surface area contributed by atoms with E-state index in [1.165, 1.54) is 26.4 Å². The van der Waals surface area contributed by atoms with Crippen molar-refractivity contribution in [3.8, 4) is 5.75 Å². The second-order valence-electron chi connectivity index (χ2n) is 7.52. The molecule has 1 fully saturated rings. The molecule has 1 heterocycles. The van der Waals surface area contributed by atoms with Gasteiger partial charge in [0.25, 0.3) is 0 Å². The summed E-state index contributed by atoms with van der Waals surface area (Å²) in [5.74, 6) is 0.107. The molecule has 2 aromatic rings. The Morgan fingerprint density at radius 3 is 2.37 bits per heavy atom. The molecular formula is C22H29N3O4S. The summed E-state index contributed by atoms with van der Waals surface area (Å²) < 4.78 is 31.2. The molecule has 0 saturated carbocycles. The maximum Gasteiger partial charge on any atom is 0.247 e. The van der Waals surface area contributed by atoms with Gasteiger partial charge in [0, 0.05) is 30.5 Å². The summed E-state index contributed by atoms with van der Waals surface area (Å²) in [7, 11) is -2.18. The minimum Gasteiger partial charge on any atom is -0.497 e. The van der Waals surface area contributed by atoms with Crippen LogP contribution in [0.3, 0.4) is 0 Å². The zero-order valence-electron chi connectivity index (χ0n) is 17.7. The van der Waals surface area contributed by atoms with Gasteiger partial charge in [0.05, 0.1) is 19.1 Å². The number of anilines is 3. The lowest BCUT2D eigenvalue weighted by atomic mass is 10.1. The first-order chi connectivity index (χ1) is 14.3. The monoisotopic (exact) mass is 431 g/mol. The van der Waals surface area contributed by atoms with Crippen LogP contribution in [-0.2, 0) is 14.8 Å². The van der Waals surface area contributed by atoms with Crippen LogP contribution < -0.4 is 19.3 Å². The van der Waals surface area contributed by atoms with E-state index in [1.807, 2.05) is 24.3 Å². The lowest BCUT2D eigenvalue weighted by Crippen LogP contribution is -2.45. The predicted octanol–water partition coefficient (Wildman–Crippen LogP) is 3.48. The summed E-state index contributed by atoms with van der Waals surface area (Å²) in [6, 6.07) is 13.4. The Morgan fingerprint density at radius 2 is 1.77 bits per heavy atom. The summed E-state index contributed by atoms with van der Waals surface area (Å²) in [5, 5.41) is 2.83. The fraction of sp³-hybridized carbons (Fsp3) is 0.409. The molecule has 1 amide bonds. The largest absolute Gasteiger partial charge is 0.497 e. The molecule has 2 aromatic carbocycles. The van der Waals surface area contributed by atoms with Crippen LogP contribution in [0, 0.1) is 0 Å². The number of nitrogens with zero attached hydrogens (tertiary/aromatic N) is 2. The normalized spacial score (nSPS) is 15.4. The van der Waals surface area contributed by atoms with Gasteiger partial charge in [-0.15, -0.1) is 0 Å². The zero-order valence-corrected chi connectivity index (χ0v) is 18.5. The third-order valence-electron chi connectivity index (χ3n) is 5.25. The van der Waals surface area contributed by atoms with E-state index in [2.05, 4.69) is 10.2 Å². The molecule has 0 aromatic heterocycles. The van der Waals surface area contributed by atoms with E-state index < -0.39 is 22.0 Å². The van der Waals surface area contributed by atoms with Gasteiger partial charge >= 0.3 is 0 Å². The first-order valence-electron chi connectivity index (χ1n) is 10.1. The number of methoxy groups -OCH3 is 1. The molecule has 3 rings (SSSR count). The molecule has 8 heteroatoms. The van der Waals surface area contributed by atoms with Crippen molar-refractivity contribution >= 4 is 33.0 Å². The Bertz CT molecular complexity index is 970. The Hall–Kier alpha value is -2.74. The van der Waals surface area contributed by atoms with Crippen molar-refractivity contribution in [3.63, 3.8) is 0 Å². The number of rotatable bonds is 7. The van der Waals surface area contributed by atoms with Gasteiger partial charge < -0.3 is 15.0 Å². The molecule has 1 N–H and O–H groups in total. The number of sulfonamides is 1. The topological polar surface area (TPSA) is 79.0 Å². The molecule has 0 bridgehead atoms. The summed E-state index contributed by atoms with van der Waals surface area (Å²) >= 11 is 0. The molecule has 0 unspecified atom stereocenters. The highest BCUT2D eigenvalue weighted by atomic mass is 32.2. The van der Waals surface area contributed by atoms with Gasteiger partial charge in [-0.3, -0.25) is 9.10 Å². The van der Waals surface area contributed by atoms with Crippen molar-refractivity contribution in [2.45, 2.75) is 32.2 Å². The highest BCUT2D eigenvalue weighted by Crippen LogP contribution is 2.26. The molecule has 1 saturated heterocycles. The first-order valence-corrected chi connectivity index (χ1v) is 11.9. The van der Waals surface area contributed by atoms with Crippen molar-refractivity contribution in [1.29, 1.82) is 0 Å². The van der Waals surface area contributed by atoms with E-state index in [0.717, 1.165) is 29.3 Å². The number of ether oxygens (including phenoxy) is 1. The molecule has 162 valence electrons. The smallest absolute Gasteiger partial charge is 0.247 e. The Morgan fingerprint density at radius 1 is 1.10 bits per heavy atom. The number of nitrogens with one attached hydrogen (secondary N) is 1. The number of carbonyl (C=O) groups is 1. The Kier molecular flexibility index (Phi) is 6.87. The quantitative estimate of drug-likeness (QED) is 0.726. The van der Waals surface area contributed by atoms with Crippen LogP contribution in [0.15, 0.2) is 48.5 Å². The SMILES string of the molecule is COc1cccc(N([C@H](C)C(=O)Nc2ccc(N3CCCCC3)cc2)S(C)(=O)=O)c1. The molecule has 1 atom stereocenters. The third-order valence-corrected chi connectivity index (χ3v) is 6.49. The van der Waals surface area contributed by atoms with Gasteiger partial charge in [0.15, 0.2) is 0 Å². The van der Waals surface area contributed by atoms with Gasteiger partial charge in [0.2, 0.25) is 15.9 Å². The summed E-state index contributed by atoms with van der Waals surface area (Å²) in [4.78, 5) is 15.2. The minimum atomic E-state index is -3.69. The molecule has 0 spiro atoms. The van der Waals surface area contributed by atoms with Gasteiger partial charge in [-0.1, -0.05) is 6.07 Å². The number of carbonyl (C=O) groups excluding carboxylic acids is 1. The van der Waals surface area contributed by atoms with Crippen LogP contribution in [0.25, 0.3) is 0 Å². The summed E-state index contributed by atoms with van der Waals surface area (Å²) in [6.07, 6.45) is 4.75. The second kappa shape index (κ2) is 9.38. The lowest BCUT2D eigenvalue weighted by molar-refractivity contribution is -0.116. The van der Waals surface area contributed by atoms with Crippen molar-refractivity contribution < 1.29 is 17.9 Å². The van der Waals surface area contributed by atoms with Gasteiger partial charge in [-0.2, -0.15) is 0 Å². The number of hydrogen-bond acceptors (Lipinski definition) is 5. The van der Waals surface area contributed by atoms with Gasteiger partial charge in [-0.25, -0.2) is 8.42 Å². The third kappa shape index (κ3) is 5.24. The summed E-state index contributed by atoms with van der Waals surface area (Å²) in [6.45, 7) is 3.66. The number of hydrogen-bond donors (Lipinski definition) is 1. The maximum absolute atomic E-state index is 12.9. The molecule has 30 heavy (non-hydrogen) atoms. The van der Waals surface area contributed by atoms with Crippen LogP contribution in [-0.4, -0.2) is 46.8 Å². The molecule has 1 aliphatic heterocycles. The predicted molar refractivity (Wildman–Crippen MR) is 121 cm³/mol. The molecule has 7 nitrogen and oxygen atoms in total. The molecular weight excluding hydrogens is 402 g/mol. The fourth-order valence-electron chi connectivity index (χ4n) is 3.71. The second-order valence-corrected chi connectivity index (χ2v) is 9.38. The van der Waals surface area contributed by atoms with Crippen LogP contribution in [0.5, 0.6) is 5.75 Å².